The summed E-state index contributed by atoms with van der Waals surface area (Å²) in [5.41, 5.74) is 2.75. The fourth-order valence-electron chi connectivity index (χ4n) is 2.26. The molecular formula is C19H11Cl6N3. The topological polar surface area (TPSA) is 38.7 Å². The Hall–Kier alpha value is -1.07. The molecule has 144 valence electrons. The molecule has 2 aromatic carbocycles. The number of hydrogen-bond acceptors (Lipinski definition) is 3. The maximum atomic E-state index is 5.90. The van der Waals surface area contributed by atoms with E-state index in [-0.39, 0.29) is 17.5 Å². The second-order valence-electron chi connectivity index (χ2n) is 5.67. The Bertz CT molecular complexity index is 945. The molecular weight excluding hydrogens is 483 g/mol. The highest BCUT2D eigenvalue weighted by atomic mass is 35.6. The van der Waals surface area contributed by atoms with E-state index in [1.165, 1.54) is 0 Å². The first-order valence-corrected chi connectivity index (χ1v) is 10.1. The van der Waals surface area contributed by atoms with Crippen molar-refractivity contribution < 1.29 is 0 Å². The van der Waals surface area contributed by atoms with Crippen LogP contribution in [-0.2, 0) is 7.59 Å². The maximum absolute atomic E-state index is 5.90. The van der Waals surface area contributed by atoms with Gasteiger partial charge in [-0.3, -0.25) is 0 Å². The molecule has 0 saturated heterocycles. The van der Waals surface area contributed by atoms with Crippen molar-refractivity contribution in [3.8, 4) is 11.4 Å². The fraction of sp³-hybridized carbons (Fsp3) is 0.105. The summed E-state index contributed by atoms with van der Waals surface area (Å²) in [6.45, 7) is 0. The summed E-state index contributed by atoms with van der Waals surface area (Å²) in [4.78, 5) is 12.4. The average molecular weight is 494 g/mol. The molecule has 3 aromatic rings. The summed E-state index contributed by atoms with van der Waals surface area (Å²) < 4.78 is -3.78. The van der Waals surface area contributed by atoms with Gasteiger partial charge in [-0.1, -0.05) is 136 Å². The van der Waals surface area contributed by atoms with Crippen LogP contribution in [0.25, 0.3) is 23.5 Å². The lowest BCUT2D eigenvalue weighted by Crippen LogP contribution is -2.16. The number of alkyl halides is 6. The third-order valence-electron chi connectivity index (χ3n) is 3.58. The van der Waals surface area contributed by atoms with Gasteiger partial charge in [0.05, 0.1) is 0 Å². The van der Waals surface area contributed by atoms with Crippen molar-refractivity contribution in [3.63, 3.8) is 0 Å². The zero-order valence-electron chi connectivity index (χ0n) is 14.0. The van der Waals surface area contributed by atoms with E-state index < -0.39 is 7.59 Å². The van der Waals surface area contributed by atoms with Crippen LogP contribution in [0.3, 0.4) is 0 Å². The first-order valence-electron chi connectivity index (χ1n) is 7.87. The van der Waals surface area contributed by atoms with Gasteiger partial charge in [-0.05, 0) is 11.1 Å². The van der Waals surface area contributed by atoms with Gasteiger partial charge in [0, 0.05) is 5.56 Å². The van der Waals surface area contributed by atoms with Gasteiger partial charge in [0.1, 0.15) is 0 Å². The Morgan fingerprint density at radius 2 is 1.04 bits per heavy atom. The number of benzene rings is 2. The summed E-state index contributed by atoms with van der Waals surface area (Å²) in [6, 6.07) is 17.4. The van der Waals surface area contributed by atoms with Crippen LogP contribution in [0, 0.1) is 0 Å². The highest BCUT2D eigenvalue weighted by Crippen LogP contribution is 2.40. The second kappa shape index (κ2) is 8.74. The Morgan fingerprint density at radius 3 is 1.50 bits per heavy atom. The summed E-state index contributed by atoms with van der Waals surface area (Å²) >= 11 is 35.4. The van der Waals surface area contributed by atoms with E-state index >= 15 is 0 Å². The van der Waals surface area contributed by atoms with Crippen molar-refractivity contribution in [2.45, 2.75) is 7.59 Å². The molecule has 0 atom stereocenters. The molecule has 0 aliphatic rings. The van der Waals surface area contributed by atoms with Crippen molar-refractivity contribution in [3.05, 3.63) is 77.4 Å². The normalized spacial score (nSPS) is 12.5. The van der Waals surface area contributed by atoms with Crippen molar-refractivity contribution in [2.75, 3.05) is 0 Å². The minimum absolute atomic E-state index is 0.128. The van der Waals surface area contributed by atoms with Gasteiger partial charge >= 0.3 is 0 Å². The third kappa shape index (κ3) is 5.73. The van der Waals surface area contributed by atoms with Crippen molar-refractivity contribution in [2.24, 2.45) is 0 Å². The van der Waals surface area contributed by atoms with Gasteiger partial charge in [0.25, 0.3) is 0 Å². The smallest absolute Gasteiger partial charge is 0.209 e. The number of nitrogens with zero attached hydrogens (tertiary/aromatic N) is 3. The first-order chi connectivity index (χ1) is 13.1. The minimum Gasteiger partial charge on any atom is -0.209 e. The van der Waals surface area contributed by atoms with Crippen molar-refractivity contribution in [1.29, 1.82) is 0 Å². The molecule has 0 radical (unpaired) electrons. The van der Waals surface area contributed by atoms with Crippen LogP contribution >= 0.6 is 69.6 Å². The van der Waals surface area contributed by atoms with Gasteiger partial charge in [-0.15, -0.1) is 0 Å². The SMILES string of the molecule is ClC(Cl)(Cl)c1nc(-c2ccc(/C=C\c3ccccc3)cc2)nc(C(Cl)(Cl)Cl)n1. The molecule has 0 spiro atoms. The third-order valence-corrected chi connectivity index (χ3v) is 4.59. The van der Waals surface area contributed by atoms with Gasteiger partial charge < -0.3 is 0 Å². The average Bonchev–Trinajstić information content (AvgIpc) is 2.66. The Kier molecular flexibility index (Phi) is 6.76. The molecule has 0 unspecified atom stereocenters. The fourth-order valence-corrected chi connectivity index (χ4v) is 2.77. The Balaban J connectivity index is 1.94. The minimum atomic E-state index is -1.89. The number of hydrogen-bond donors (Lipinski definition) is 0. The molecule has 9 heteroatoms. The van der Waals surface area contributed by atoms with Crippen molar-refractivity contribution in [1.82, 2.24) is 15.0 Å². The molecule has 1 aromatic heterocycles. The lowest BCUT2D eigenvalue weighted by Gasteiger charge is -2.15. The van der Waals surface area contributed by atoms with E-state index in [1.807, 2.05) is 66.7 Å². The molecule has 3 nitrogen and oxygen atoms in total. The van der Waals surface area contributed by atoms with Crippen LogP contribution in [0.5, 0.6) is 0 Å². The maximum Gasteiger partial charge on any atom is 0.250 e. The number of aromatic nitrogens is 3. The Labute approximate surface area is 192 Å². The lowest BCUT2D eigenvalue weighted by molar-refractivity contribution is 0.851. The molecule has 0 aliphatic heterocycles. The summed E-state index contributed by atoms with van der Waals surface area (Å²) in [7, 11) is 0. The summed E-state index contributed by atoms with van der Waals surface area (Å²) in [5.74, 6) is -0.0232. The molecule has 0 N–H and O–H groups in total. The molecule has 0 bridgehead atoms. The van der Waals surface area contributed by atoms with Gasteiger partial charge in [0.15, 0.2) is 17.5 Å². The van der Waals surface area contributed by atoms with E-state index in [0.29, 0.717) is 5.56 Å². The molecule has 28 heavy (non-hydrogen) atoms. The molecule has 0 amide bonds. The van der Waals surface area contributed by atoms with Crippen LogP contribution in [0.15, 0.2) is 54.6 Å². The largest absolute Gasteiger partial charge is 0.250 e. The molecule has 1 heterocycles. The monoisotopic (exact) mass is 491 g/mol. The highest BCUT2D eigenvalue weighted by molar-refractivity contribution is 6.67. The standard InChI is InChI=1S/C19H11Cl6N3/c20-18(21,22)16-26-15(27-17(28-16)19(23,24)25)14-10-8-13(9-11-14)7-6-12-4-2-1-3-5-12/h1-11H/b7-6-. The Morgan fingerprint density at radius 1 is 0.571 bits per heavy atom. The van der Waals surface area contributed by atoms with Gasteiger partial charge in [0.2, 0.25) is 7.59 Å². The van der Waals surface area contributed by atoms with Gasteiger partial charge in [-0.2, -0.15) is 0 Å². The first kappa shape index (κ1) is 21.6. The van der Waals surface area contributed by atoms with Gasteiger partial charge in [-0.25, -0.2) is 15.0 Å². The zero-order chi connectivity index (χ0) is 20.4. The van der Waals surface area contributed by atoms with E-state index in [1.54, 1.807) is 0 Å². The number of rotatable bonds is 3. The number of halogens is 6. The lowest BCUT2D eigenvalue weighted by atomic mass is 10.1. The van der Waals surface area contributed by atoms with E-state index in [4.69, 9.17) is 69.6 Å². The van der Waals surface area contributed by atoms with Crippen molar-refractivity contribution >= 4 is 81.8 Å². The molecule has 0 aliphatic carbocycles. The predicted molar refractivity (Wildman–Crippen MR) is 119 cm³/mol. The second-order valence-corrected chi connectivity index (χ2v) is 10.2. The predicted octanol–water partition coefficient (Wildman–Crippen LogP) is 7.36. The van der Waals surface area contributed by atoms with E-state index in [0.717, 1.165) is 11.1 Å². The summed E-state index contributed by atoms with van der Waals surface area (Å²) in [6.07, 6.45) is 4.01. The quantitative estimate of drug-likeness (QED) is 0.282. The molecule has 0 saturated carbocycles. The molecule has 0 fully saturated rings. The van der Waals surface area contributed by atoms with Crippen LogP contribution in [0.1, 0.15) is 22.8 Å². The molecule has 3 rings (SSSR count). The summed E-state index contributed by atoms with van der Waals surface area (Å²) in [5, 5.41) is 0. The highest BCUT2D eigenvalue weighted by Gasteiger charge is 2.33. The zero-order valence-corrected chi connectivity index (χ0v) is 18.5. The van der Waals surface area contributed by atoms with Crippen LogP contribution in [0.2, 0.25) is 0 Å². The van der Waals surface area contributed by atoms with E-state index in [9.17, 15) is 0 Å². The van der Waals surface area contributed by atoms with Crippen LogP contribution < -0.4 is 0 Å². The van der Waals surface area contributed by atoms with E-state index in [2.05, 4.69) is 15.0 Å². The van der Waals surface area contributed by atoms with Crippen LogP contribution in [-0.4, -0.2) is 15.0 Å². The van der Waals surface area contributed by atoms with Crippen LogP contribution in [0.4, 0.5) is 0 Å².